The normalized spacial score (nSPS) is 15.9. The van der Waals surface area contributed by atoms with Crippen LogP contribution in [0.4, 0.5) is 11.4 Å². The van der Waals surface area contributed by atoms with Crippen molar-refractivity contribution in [3.8, 4) is 0 Å². The monoisotopic (exact) mass is 403 g/mol. The molecular formula is C19H21N3O5S. The van der Waals surface area contributed by atoms with Crippen LogP contribution in [0.15, 0.2) is 53.4 Å². The van der Waals surface area contributed by atoms with Gasteiger partial charge in [0.1, 0.15) is 0 Å². The Hall–Kier alpha value is -2.78. The van der Waals surface area contributed by atoms with E-state index >= 15 is 0 Å². The fourth-order valence-corrected chi connectivity index (χ4v) is 4.63. The van der Waals surface area contributed by atoms with Gasteiger partial charge < -0.3 is 5.32 Å². The third kappa shape index (κ3) is 4.37. The van der Waals surface area contributed by atoms with Crippen molar-refractivity contribution in [2.45, 2.75) is 24.7 Å². The summed E-state index contributed by atoms with van der Waals surface area (Å²) in [5.74, 6) is -0.600. The summed E-state index contributed by atoms with van der Waals surface area (Å²) in [5, 5.41) is 13.5. The number of nitro benzene ring substituents is 1. The van der Waals surface area contributed by atoms with Gasteiger partial charge in [-0.3, -0.25) is 14.9 Å². The lowest BCUT2D eigenvalue weighted by atomic mass is 9.97. The Labute approximate surface area is 163 Å². The molecule has 3 rings (SSSR count). The fourth-order valence-electron chi connectivity index (χ4n) is 3.16. The Morgan fingerprint density at radius 1 is 1.14 bits per heavy atom. The number of nitrogens with one attached hydrogen (secondary N) is 1. The summed E-state index contributed by atoms with van der Waals surface area (Å²) < 4.78 is 26.9. The number of nitrogens with zero attached hydrogens (tertiary/aromatic N) is 2. The van der Waals surface area contributed by atoms with Gasteiger partial charge in [-0.05, 0) is 38.0 Å². The standard InChI is InChI=1S/C19H21N3O5S/c1-14-5-7-18(8-6-14)28(26,27)21-11-9-15(10-12-21)19(23)20-16-3-2-4-17(13-16)22(24)25/h2-8,13,15H,9-12H2,1H3,(H,20,23). The molecule has 0 atom stereocenters. The maximum absolute atomic E-state index is 12.7. The highest BCUT2D eigenvalue weighted by Gasteiger charge is 2.32. The molecular weight excluding hydrogens is 382 g/mol. The first-order chi connectivity index (χ1) is 13.3. The zero-order valence-corrected chi connectivity index (χ0v) is 16.2. The maximum atomic E-state index is 12.7. The average molecular weight is 403 g/mol. The summed E-state index contributed by atoms with van der Waals surface area (Å²) in [6, 6.07) is 12.4. The van der Waals surface area contributed by atoms with E-state index in [1.807, 2.05) is 6.92 Å². The van der Waals surface area contributed by atoms with Crippen LogP contribution in [0, 0.1) is 23.0 Å². The van der Waals surface area contributed by atoms with Gasteiger partial charge in [0.05, 0.1) is 9.82 Å². The van der Waals surface area contributed by atoms with Crippen LogP contribution in [0.3, 0.4) is 0 Å². The Bertz CT molecular complexity index is 981. The summed E-state index contributed by atoms with van der Waals surface area (Å²) in [7, 11) is -3.58. The van der Waals surface area contributed by atoms with Gasteiger partial charge in [-0.25, -0.2) is 8.42 Å². The second-order valence-corrected chi connectivity index (χ2v) is 8.73. The van der Waals surface area contributed by atoms with E-state index in [1.54, 1.807) is 30.3 Å². The zero-order chi connectivity index (χ0) is 20.3. The van der Waals surface area contributed by atoms with E-state index in [0.717, 1.165) is 5.56 Å². The number of carbonyl (C=O) groups excluding carboxylic acids is 1. The molecule has 8 nitrogen and oxygen atoms in total. The highest BCUT2D eigenvalue weighted by molar-refractivity contribution is 7.89. The van der Waals surface area contributed by atoms with Crippen molar-refractivity contribution in [3.63, 3.8) is 0 Å². The molecule has 148 valence electrons. The average Bonchev–Trinajstić information content (AvgIpc) is 2.68. The van der Waals surface area contributed by atoms with E-state index in [9.17, 15) is 23.3 Å². The Morgan fingerprint density at radius 3 is 2.39 bits per heavy atom. The van der Waals surface area contributed by atoms with Crippen LogP contribution in [0.5, 0.6) is 0 Å². The predicted molar refractivity (Wildman–Crippen MR) is 104 cm³/mol. The molecule has 1 heterocycles. The highest BCUT2D eigenvalue weighted by Crippen LogP contribution is 2.25. The molecule has 1 fully saturated rings. The first kappa shape index (κ1) is 20.0. The molecule has 0 spiro atoms. The van der Waals surface area contributed by atoms with Crippen molar-refractivity contribution in [2.24, 2.45) is 5.92 Å². The van der Waals surface area contributed by atoms with Crippen molar-refractivity contribution in [1.29, 1.82) is 0 Å². The van der Waals surface area contributed by atoms with Gasteiger partial charge >= 0.3 is 0 Å². The lowest BCUT2D eigenvalue weighted by Crippen LogP contribution is -2.41. The number of carbonyl (C=O) groups is 1. The lowest BCUT2D eigenvalue weighted by molar-refractivity contribution is -0.384. The van der Waals surface area contributed by atoms with Crippen molar-refractivity contribution in [1.82, 2.24) is 4.31 Å². The Balaban J connectivity index is 1.62. The predicted octanol–water partition coefficient (Wildman–Crippen LogP) is 2.94. The van der Waals surface area contributed by atoms with Crippen LogP contribution < -0.4 is 5.32 Å². The number of anilines is 1. The SMILES string of the molecule is Cc1ccc(S(=O)(=O)N2CCC(C(=O)Nc3cccc([N+](=O)[O-])c3)CC2)cc1. The fraction of sp³-hybridized carbons (Fsp3) is 0.316. The van der Waals surface area contributed by atoms with Gasteiger partial charge in [-0.15, -0.1) is 0 Å². The van der Waals surface area contributed by atoms with E-state index < -0.39 is 14.9 Å². The topological polar surface area (TPSA) is 110 Å². The number of hydrogen-bond donors (Lipinski definition) is 1. The van der Waals surface area contributed by atoms with Crippen LogP contribution in [-0.4, -0.2) is 36.6 Å². The van der Waals surface area contributed by atoms with Gasteiger partial charge in [-0.2, -0.15) is 4.31 Å². The van der Waals surface area contributed by atoms with E-state index in [4.69, 9.17) is 0 Å². The van der Waals surface area contributed by atoms with Gasteiger partial charge in [0.2, 0.25) is 15.9 Å². The molecule has 0 aliphatic carbocycles. The molecule has 1 aliphatic rings. The number of rotatable bonds is 5. The molecule has 1 amide bonds. The van der Waals surface area contributed by atoms with Crippen molar-refractivity contribution >= 4 is 27.3 Å². The molecule has 2 aromatic rings. The van der Waals surface area contributed by atoms with E-state index in [2.05, 4.69) is 5.32 Å². The molecule has 0 saturated carbocycles. The maximum Gasteiger partial charge on any atom is 0.271 e. The minimum Gasteiger partial charge on any atom is -0.326 e. The molecule has 0 aromatic heterocycles. The second kappa shape index (κ2) is 8.07. The van der Waals surface area contributed by atoms with Crippen LogP contribution in [0.1, 0.15) is 18.4 Å². The van der Waals surface area contributed by atoms with E-state index in [-0.39, 0.29) is 35.5 Å². The number of non-ortho nitro benzene ring substituents is 1. The number of nitro groups is 1. The highest BCUT2D eigenvalue weighted by atomic mass is 32.2. The smallest absolute Gasteiger partial charge is 0.271 e. The molecule has 1 N–H and O–H groups in total. The van der Waals surface area contributed by atoms with Crippen LogP contribution in [0.25, 0.3) is 0 Å². The van der Waals surface area contributed by atoms with Crippen LogP contribution >= 0.6 is 0 Å². The summed E-state index contributed by atoms with van der Waals surface area (Å²) in [4.78, 5) is 23.0. The van der Waals surface area contributed by atoms with Gasteiger partial charge in [-0.1, -0.05) is 23.8 Å². The number of amides is 1. The Kier molecular flexibility index (Phi) is 5.76. The number of hydrogen-bond acceptors (Lipinski definition) is 5. The largest absolute Gasteiger partial charge is 0.326 e. The number of benzene rings is 2. The molecule has 1 saturated heterocycles. The van der Waals surface area contributed by atoms with Gasteiger partial charge in [0, 0.05) is 36.8 Å². The zero-order valence-electron chi connectivity index (χ0n) is 15.4. The summed E-state index contributed by atoms with van der Waals surface area (Å²) >= 11 is 0. The molecule has 0 bridgehead atoms. The first-order valence-corrected chi connectivity index (χ1v) is 10.3. The summed E-state index contributed by atoms with van der Waals surface area (Å²) in [5.41, 5.74) is 1.24. The molecule has 1 aliphatic heterocycles. The molecule has 2 aromatic carbocycles. The number of aryl methyl sites for hydroxylation is 1. The third-order valence-corrected chi connectivity index (χ3v) is 6.72. The number of sulfonamides is 1. The number of piperidine rings is 1. The van der Waals surface area contributed by atoms with Gasteiger partial charge in [0.25, 0.3) is 5.69 Å². The van der Waals surface area contributed by atoms with Crippen LogP contribution in [-0.2, 0) is 14.8 Å². The quantitative estimate of drug-likeness (QED) is 0.610. The molecule has 0 unspecified atom stereocenters. The minimum atomic E-state index is -3.58. The van der Waals surface area contributed by atoms with Crippen molar-refractivity contribution in [3.05, 3.63) is 64.2 Å². The van der Waals surface area contributed by atoms with E-state index in [1.165, 1.54) is 22.5 Å². The molecule has 28 heavy (non-hydrogen) atoms. The van der Waals surface area contributed by atoms with Crippen molar-refractivity contribution < 1.29 is 18.1 Å². The summed E-state index contributed by atoms with van der Waals surface area (Å²) in [6.07, 6.45) is 0.789. The molecule has 9 heteroatoms. The van der Waals surface area contributed by atoms with Gasteiger partial charge in [0.15, 0.2) is 0 Å². The Morgan fingerprint density at radius 2 is 1.79 bits per heavy atom. The lowest BCUT2D eigenvalue weighted by Gasteiger charge is -2.30. The summed E-state index contributed by atoms with van der Waals surface area (Å²) in [6.45, 7) is 2.40. The second-order valence-electron chi connectivity index (χ2n) is 6.79. The molecule has 0 radical (unpaired) electrons. The third-order valence-electron chi connectivity index (χ3n) is 4.81. The first-order valence-electron chi connectivity index (χ1n) is 8.89. The van der Waals surface area contributed by atoms with Crippen LogP contribution in [0.2, 0.25) is 0 Å². The van der Waals surface area contributed by atoms with E-state index in [0.29, 0.717) is 18.5 Å². The minimum absolute atomic E-state index is 0.100. The van der Waals surface area contributed by atoms with Crippen molar-refractivity contribution in [2.75, 3.05) is 18.4 Å².